The van der Waals surface area contributed by atoms with Gasteiger partial charge in [-0.2, -0.15) is 9.97 Å². The topological polar surface area (TPSA) is 126 Å². The summed E-state index contributed by atoms with van der Waals surface area (Å²) >= 11 is 6.11. The smallest absolute Gasteiger partial charge is 0.226 e. The molecule has 2 aliphatic rings. The summed E-state index contributed by atoms with van der Waals surface area (Å²) in [6.45, 7) is 2.24. The predicted molar refractivity (Wildman–Crippen MR) is 106 cm³/mol. The van der Waals surface area contributed by atoms with E-state index in [1.807, 2.05) is 11.8 Å². The van der Waals surface area contributed by atoms with E-state index >= 15 is 0 Å². The highest BCUT2D eigenvalue weighted by atomic mass is 35.5. The number of aliphatic hydroxyl groups is 2. The Kier molecular flexibility index (Phi) is 6.05. The zero-order valence-electron chi connectivity index (χ0n) is 16.4. The van der Waals surface area contributed by atoms with E-state index in [2.05, 4.69) is 20.3 Å². The van der Waals surface area contributed by atoms with Crippen LogP contribution in [0.4, 0.5) is 10.2 Å². The maximum Gasteiger partial charge on any atom is 0.226 e. The minimum atomic E-state index is -1.36. The Morgan fingerprint density at radius 3 is 2.70 bits per heavy atom. The summed E-state index contributed by atoms with van der Waals surface area (Å²) in [6.07, 6.45) is -1.48. The Balaban J connectivity index is 1.56. The van der Waals surface area contributed by atoms with Crippen LogP contribution in [0.1, 0.15) is 32.4 Å². The molecule has 0 aliphatic carbocycles. The number of aromatic nitrogens is 4. The van der Waals surface area contributed by atoms with Crippen LogP contribution in [0, 0.1) is 0 Å². The van der Waals surface area contributed by atoms with Gasteiger partial charge in [-0.3, -0.25) is 9.36 Å². The lowest BCUT2D eigenvalue weighted by Gasteiger charge is -2.32. The lowest BCUT2D eigenvalue weighted by molar-refractivity contribution is -0.131. The third-order valence-corrected chi connectivity index (χ3v) is 5.82. The van der Waals surface area contributed by atoms with Gasteiger partial charge in [0.2, 0.25) is 11.2 Å². The number of aliphatic hydroxyl groups excluding tert-OH is 2. The van der Waals surface area contributed by atoms with Crippen molar-refractivity contribution in [3.05, 3.63) is 11.6 Å². The van der Waals surface area contributed by atoms with Crippen molar-refractivity contribution in [3.8, 4) is 0 Å². The number of ether oxygens (including phenoxy) is 1. The van der Waals surface area contributed by atoms with Gasteiger partial charge < -0.3 is 25.2 Å². The molecule has 1 amide bonds. The molecule has 0 aromatic carbocycles. The third-order valence-electron chi connectivity index (χ3n) is 5.65. The molecule has 2 saturated heterocycles. The third kappa shape index (κ3) is 3.82. The van der Waals surface area contributed by atoms with Gasteiger partial charge in [0.05, 0.1) is 6.33 Å². The molecule has 12 heteroatoms. The Hall–Kier alpha value is -2.08. The van der Waals surface area contributed by atoms with Crippen molar-refractivity contribution in [1.82, 2.24) is 24.4 Å². The summed E-state index contributed by atoms with van der Waals surface area (Å²) in [5.74, 6) is 0.572. The molecule has 2 aromatic heterocycles. The first-order chi connectivity index (χ1) is 14.4. The number of piperidine rings is 1. The summed E-state index contributed by atoms with van der Waals surface area (Å²) in [4.78, 5) is 26.5. The van der Waals surface area contributed by atoms with Gasteiger partial charge in [0.25, 0.3) is 0 Å². The van der Waals surface area contributed by atoms with Crippen LogP contribution in [-0.2, 0) is 9.53 Å². The molecule has 0 radical (unpaired) electrons. The fourth-order valence-electron chi connectivity index (χ4n) is 3.95. The zero-order chi connectivity index (χ0) is 21.4. The number of nitrogens with one attached hydrogen (secondary N) is 1. The summed E-state index contributed by atoms with van der Waals surface area (Å²) in [6, 6.07) is 0.0799. The molecule has 0 bridgehead atoms. The van der Waals surface area contributed by atoms with Gasteiger partial charge >= 0.3 is 0 Å². The Morgan fingerprint density at radius 1 is 1.33 bits per heavy atom. The molecule has 2 fully saturated rings. The standard InChI is InChI=1S/C18H24ClFN6O4/c1-2-11(27)25-5-3-9(4-6-25)22-15-12-16(24-18(19)23-15)26(8-21-12)17-14(29)13(28)10(7-20)30-17/h8-10,13-14,17,28-29H,2-7H2,1H3,(H,22,23,24)/t10-,13-,14-,17-/m1/s1. The second-order valence-electron chi connectivity index (χ2n) is 7.52. The van der Waals surface area contributed by atoms with Crippen LogP contribution in [0.25, 0.3) is 11.2 Å². The number of imidazole rings is 1. The molecule has 0 spiro atoms. The molecule has 10 nitrogen and oxygen atoms in total. The van der Waals surface area contributed by atoms with Gasteiger partial charge in [-0.15, -0.1) is 0 Å². The highest BCUT2D eigenvalue weighted by Crippen LogP contribution is 2.33. The average molecular weight is 443 g/mol. The molecule has 0 saturated carbocycles. The van der Waals surface area contributed by atoms with Crippen LogP contribution < -0.4 is 5.32 Å². The number of fused-ring (bicyclic) bond motifs is 1. The highest BCUT2D eigenvalue weighted by molar-refractivity contribution is 6.28. The molecule has 0 unspecified atom stereocenters. The minimum Gasteiger partial charge on any atom is -0.387 e. The minimum absolute atomic E-state index is 0.0274. The summed E-state index contributed by atoms with van der Waals surface area (Å²) < 4.78 is 19.9. The number of carbonyl (C=O) groups is 1. The van der Waals surface area contributed by atoms with Crippen molar-refractivity contribution < 1.29 is 24.1 Å². The van der Waals surface area contributed by atoms with Gasteiger partial charge in [0, 0.05) is 25.6 Å². The van der Waals surface area contributed by atoms with Crippen LogP contribution in [-0.4, -0.2) is 84.7 Å². The molecule has 4 heterocycles. The van der Waals surface area contributed by atoms with Gasteiger partial charge in [-0.1, -0.05) is 6.92 Å². The van der Waals surface area contributed by atoms with Crippen molar-refractivity contribution in [1.29, 1.82) is 0 Å². The fraction of sp³-hybridized carbons (Fsp3) is 0.667. The number of likely N-dealkylation sites (tertiary alicyclic amines) is 1. The first-order valence-corrected chi connectivity index (χ1v) is 10.3. The molecule has 3 N–H and O–H groups in total. The van der Waals surface area contributed by atoms with E-state index in [4.69, 9.17) is 16.3 Å². The molecular formula is C18H24ClFN6O4. The number of anilines is 1. The SMILES string of the molecule is CCC(=O)N1CCC(Nc2nc(Cl)nc3c2ncn3[C@@H]2O[C@H](CF)[C@@H](O)[C@H]2O)CC1. The Labute approximate surface area is 177 Å². The number of hydrogen-bond donors (Lipinski definition) is 3. The van der Waals surface area contributed by atoms with Gasteiger partial charge in [-0.05, 0) is 24.4 Å². The lowest BCUT2D eigenvalue weighted by atomic mass is 10.0. The van der Waals surface area contributed by atoms with E-state index in [1.54, 1.807) is 0 Å². The second-order valence-corrected chi connectivity index (χ2v) is 7.86. The maximum atomic E-state index is 13.0. The van der Waals surface area contributed by atoms with Crippen molar-refractivity contribution in [2.24, 2.45) is 0 Å². The molecule has 30 heavy (non-hydrogen) atoms. The van der Waals surface area contributed by atoms with Gasteiger partial charge in [-0.25, -0.2) is 9.37 Å². The van der Waals surface area contributed by atoms with E-state index in [1.165, 1.54) is 10.9 Å². The average Bonchev–Trinajstić information content (AvgIpc) is 3.29. The first-order valence-electron chi connectivity index (χ1n) is 9.94. The van der Waals surface area contributed by atoms with E-state index in [-0.39, 0.29) is 17.2 Å². The van der Waals surface area contributed by atoms with E-state index in [0.717, 1.165) is 12.8 Å². The second kappa shape index (κ2) is 8.58. The number of amides is 1. The van der Waals surface area contributed by atoms with Crippen LogP contribution in [0.15, 0.2) is 6.33 Å². The summed E-state index contributed by atoms with van der Waals surface area (Å²) in [5, 5.41) is 23.5. The predicted octanol–water partition coefficient (Wildman–Crippen LogP) is 0.881. The maximum absolute atomic E-state index is 13.0. The fourth-order valence-corrected chi connectivity index (χ4v) is 4.12. The monoisotopic (exact) mass is 442 g/mol. The first kappa shape index (κ1) is 21.2. The molecule has 2 aliphatic heterocycles. The van der Waals surface area contributed by atoms with Crippen molar-refractivity contribution in [2.75, 3.05) is 25.1 Å². The van der Waals surface area contributed by atoms with E-state index in [0.29, 0.717) is 36.5 Å². The Morgan fingerprint density at radius 2 is 2.07 bits per heavy atom. The number of alkyl halides is 1. The van der Waals surface area contributed by atoms with Crippen molar-refractivity contribution >= 4 is 34.5 Å². The molecule has 2 aromatic rings. The molecule has 4 atom stereocenters. The normalized spacial score (nSPS) is 27.7. The largest absolute Gasteiger partial charge is 0.387 e. The number of rotatable bonds is 5. The van der Waals surface area contributed by atoms with E-state index in [9.17, 15) is 19.4 Å². The van der Waals surface area contributed by atoms with E-state index < -0.39 is 31.2 Å². The highest BCUT2D eigenvalue weighted by Gasteiger charge is 2.44. The number of nitrogens with zero attached hydrogens (tertiary/aromatic N) is 5. The molecule has 4 rings (SSSR count). The summed E-state index contributed by atoms with van der Waals surface area (Å²) in [5.41, 5.74) is 0.715. The van der Waals surface area contributed by atoms with Crippen LogP contribution in [0.3, 0.4) is 0 Å². The lowest BCUT2D eigenvalue weighted by Crippen LogP contribution is -2.42. The van der Waals surface area contributed by atoms with Crippen molar-refractivity contribution in [3.63, 3.8) is 0 Å². The van der Waals surface area contributed by atoms with Gasteiger partial charge in [0.15, 0.2) is 23.2 Å². The quantitative estimate of drug-likeness (QED) is 0.583. The number of carbonyl (C=O) groups excluding carboxylic acids is 1. The van der Waals surface area contributed by atoms with Gasteiger partial charge in [0.1, 0.15) is 25.0 Å². The molecule has 164 valence electrons. The molecular weight excluding hydrogens is 419 g/mol. The zero-order valence-corrected chi connectivity index (χ0v) is 17.2. The van der Waals surface area contributed by atoms with Crippen LogP contribution in [0.2, 0.25) is 5.28 Å². The van der Waals surface area contributed by atoms with Crippen molar-refractivity contribution in [2.45, 2.75) is 56.8 Å². The van der Waals surface area contributed by atoms with Crippen LogP contribution in [0.5, 0.6) is 0 Å². The number of hydrogen-bond acceptors (Lipinski definition) is 8. The number of halogens is 2. The van der Waals surface area contributed by atoms with Crippen LogP contribution >= 0.6 is 11.6 Å². The Bertz CT molecular complexity index is 921. The summed E-state index contributed by atoms with van der Waals surface area (Å²) in [7, 11) is 0.